The summed E-state index contributed by atoms with van der Waals surface area (Å²) in [7, 11) is 1.98. The standard InChI is InChI=1S/C13H22BrN5O/c1-3-10-12(14)11(18(2)16-10)8-19-6-4-5-9(7-19)13(15)17-20/h9,20H,3-8H2,1-2H3,(H2,15,17). The minimum atomic E-state index is 0.145. The highest BCUT2D eigenvalue weighted by molar-refractivity contribution is 9.10. The van der Waals surface area contributed by atoms with E-state index in [1.165, 1.54) is 5.69 Å². The van der Waals surface area contributed by atoms with Gasteiger partial charge in [0, 0.05) is 26.1 Å². The number of oxime groups is 1. The maximum Gasteiger partial charge on any atom is 0.143 e. The summed E-state index contributed by atoms with van der Waals surface area (Å²) in [5.74, 6) is 0.486. The van der Waals surface area contributed by atoms with E-state index in [1.807, 2.05) is 11.7 Å². The molecule has 1 saturated heterocycles. The Morgan fingerprint density at radius 2 is 2.35 bits per heavy atom. The highest BCUT2D eigenvalue weighted by Crippen LogP contribution is 2.25. The zero-order valence-electron chi connectivity index (χ0n) is 12.0. The van der Waals surface area contributed by atoms with Gasteiger partial charge < -0.3 is 10.9 Å². The van der Waals surface area contributed by atoms with Gasteiger partial charge in [0.25, 0.3) is 0 Å². The summed E-state index contributed by atoms with van der Waals surface area (Å²) in [5, 5.41) is 16.5. The Morgan fingerprint density at radius 1 is 1.60 bits per heavy atom. The molecule has 1 aliphatic rings. The van der Waals surface area contributed by atoms with E-state index in [9.17, 15) is 0 Å². The average molecular weight is 344 g/mol. The van der Waals surface area contributed by atoms with Crippen LogP contribution in [0.5, 0.6) is 0 Å². The average Bonchev–Trinajstić information content (AvgIpc) is 2.74. The van der Waals surface area contributed by atoms with Crippen LogP contribution in [0, 0.1) is 5.92 Å². The molecule has 0 bridgehead atoms. The fourth-order valence-electron chi connectivity index (χ4n) is 2.73. The molecule has 1 aromatic heterocycles. The van der Waals surface area contributed by atoms with Gasteiger partial charge in [-0.3, -0.25) is 9.58 Å². The largest absolute Gasteiger partial charge is 0.409 e. The number of hydrogen-bond donors (Lipinski definition) is 2. The molecule has 0 saturated carbocycles. The van der Waals surface area contributed by atoms with E-state index in [2.05, 4.69) is 38.0 Å². The van der Waals surface area contributed by atoms with Gasteiger partial charge in [-0.25, -0.2) is 0 Å². The zero-order valence-corrected chi connectivity index (χ0v) is 13.6. The fourth-order valence-corrected chi connectivity index (χ4v) is 3.47. The Labute approximate surface area is 127 Å². The molecule has 1 aliphatic heterocycles. The number of hydrogen-bond acceptors (Lipinski definition) is 4. The quantitative estimate of drug-likeness (QED) is 0.377. The lowest BCUT2D eigenvalue weighted by molar-refractivity contribution is 0.188. The first-order chi connectivity index (χ1) is 9.56. The van der Waals surface area contributed by atoms with Crippen LogP contribution in [-0.4, -0.2) is 38.8 Å². The van der Waals surface area contributed by atoms with Gasteiger partial charge in [-0.2, -0.15) is 5.10 Å². The SMILES string of the molecule is CCc1nn(C)c(CN2CCCC(C(N)=NO)C2)c1Br. The van der Waals surface area contributed by atoms with Crippen molar-refractivity contribution in [2.75, 3.05) is 13.1 Å². The van der Waals surface area contributed by atoms with E-state index < -0.39 is 0 Å². The topological polar surface area (TPSA) is 79.7 Å². The number of nitrogens with zero attached hydrogens (tertiary/aromatic N) is 4. The molecule has 0 radical (unpaired) electrons. The van der Waals surface area contributed by atoms with Crippen molar-refractivity contribution in [1.82, 2.24) is 14.7 Å². The second-order valence-electron chi connectivity index (χ2n) is 5.28. The van der Waals surface area contributed by atoms with E-state index in [4.69, 9.17) is 10.9 Å². The summed E-state index contributed by atoms with van der Waals surface area (Å²) < 4.78 is 3.05. The highest BCUT2D eigenvalue weighted by Gasteiger charge is 2.25. The molecule has 3 N–H and O–H groups in total. The number of halogens is 1. The third-order valence-electron chi connectivity index (χ3n) is 3.92. The maximum atomic E-state index is 8.81. The lowest BCUT2D eigenvalue weighted by Crippen LogP contribution is -2.41. The van der Waals surface area contributed by atoms with E-state index in [0.717, 1.165) is 49.1 Å². The van der Waals surface area contributed by atoms with Crippen molar-refractivity contribution >= 4 is 21.8 Å². The Hall–Kier alpha value is -1.08. The molecule has 0 spiro atoms. The van der Waals surface area contributed by atoms with Gasteiger partial charge in [-0.1, -0.05) is 12.1 Å². The van der Waals surface area contributed by atoms with Crippen LogP contribution in [0.2, 0.25) is 0 Å². The van der Waals surface area contributed by atoms with Crippen LogP contribution < -0.4 is 5.73 Å². The van der Waals surface area contributed by atoms with E-state index in [0.29, 0.717) is 5.84 Å². The minimum absolute atomic E-state index is 0.145. The van der Waals surface area contributed by atoms with Gasteiger partial charge >= 0.3 is 0 Å². The number of likely N-dealkylation sites (tertiary alicyclic amines) is 1. The van der Waals surface area contributed by atoms with Crippen molar-refractivity contribution in [3.8, 4) is 0 Å². The van der Waals surface area contributed by atoms with Crippen molar-refractivity contribution in [3.63, 3.8) is 0 Å². The second-order valence-corrected chi connectivity index (χ2v) is 6.08. The summed E-state index contributed by atoms with van der Waals surface area (Å²) in [5.41, 5.74) is 8.01. The number of aromatic nitrogens is 2. The van der Waals surface area contributed by atoms with Gasteiger partial charge in [0.2, 0.25) is 0 Å². The Morgan fingerprint density at radius 3 is 2.95 bits per heavy atom. The molecule has 2 heterocycles. The minimum Gasteiger partial charge on any atom is -0.409 e. The van der Waals surface area contributed by atoms with Gasteiger partial charge in [-0.15, -0.1) is 0 Å². The smallest absolute Gasteiger partial charge is 0.143 e. The Kier molecular flexibility index (Phi) is 5.04. The van der Waals surface area contributed by atoms with Gasteiger partial charge in [-0.05, 0) is 41.7 Å². The first kappa shape index (κ1) is 15.3. The Bertz CT molecular complexity index is 499. The predicted octanol–water partition coefficient (Wildman–Crippen LogP) is 1.70. The number of nitrogens with two attached hydrogens (primary N) is 1. The summed E-state index contributed by atoms with van der Waals surface area (Å²) >= 11 is 3.65. The third kappa shape index (κ3) is 3.15. The summed E-state index contributed by atoms with van der Waals surface area (Å²) in [4.78, 5) is 2.34. The lowest BCUT2D eigenvalue weighted by Gasteiger charge is -2.31. The number of amidine groups is 1. The first-order valence-electron chi connectivity index (χ1n) is 6.96. The molecule has 0 amide bonds. The van der Waals surface area contributed by atoms with Crippen LogP contribution in [0.25, 0.3) is 0 Å². The highest BCUT2D eigenvalue weighted by atomic mass is 79.9. The van der Waals surface area contributed by atoms with Gasteiger partial charge in [0.1, 0.15) is 5.84 Å². The first-order valence-corrected chi connectivity index (χ1v) is 7.76. The molecule has 1 unspecified atom stereocenters. The molecule has 6 nitrogen and oxygen atoms in total. The molecular formula is C13H22BrN5O. The molecule has 0 aromatic carbocycles. The van der Waals surface area contributed by atoms with Crippen LogP contribution in [0.4, 0.5) is 0 Å². The van der Waals surface area contributed by atoms with E-state index in [1.54, 1.807) is 0 Å². The van der Waals surface area contributed by atoms with E-state index >= 15 is 0 Å². The van der Waals surface area contributed by atoms with Crippen molar-refractivity contribution < 1.29 is 5.21 Å². The van der Waals surface area contributed by atoms with Gasteiger partial charge in [0.05, 0.1) is 15.9 Å². The van der Waals surface area contributed by atoms with Gasteiger partial charge in [0.15, 0.2) is 0 Å². The zero-order chi connectivity index (χ0) is 14.7. The molecule has 1 fully saturated rings. The lowest BCUT2D eigenvalue weighted by atomic mass is 9.97. The summed E-state index contributed by atoms with van der Waals surface area (Å²) in [6, 6.07) is 0. The van der Waals surface area contributed by atoms with Crippen LogP contribution in [-0.2, 0) is 20.0 Å². The summed E-state index contributed by atoms with van der Waals surface area (Å²) in [6.07, 6.45) is 2.97. The molecule has 1 atom stereocenters. The molecule has 1 aromatic rings. The molecule has 2 rings (SSSR count). The van der Waals surface area contributed by atoms with E-state index in [-0.39, 0.29) is 5.92 Å². The fraction of sp³-hybridized carbons (Fsp3) is 0.692. The van der Waals surface area contributed by atoms with Crippen molar-refractivity contribution in [3.05, 3.63) is 15.9 Å². The Balaban J connectivity index is 2.08. The number of aryl methyl sites for hydroxylation is 2. The molecule has 20 heavy (non-hydrogen) atoms. The number of piperidine rings is 1. The number of rotatable bonds is 4. The molecule has 7 heteroatoms. The van der Waals surface area contributed by atoms with Crippen molar-refractivity contribution in [2.24, 2.45) is 23.9 Å². The van der Waals surface area contributed by atoms with Crippen LogP contribution in [0.1, 0.15) is 31.2 Å². The molecule has 112 valence electrons. The molecular weight excluding hydrogens is 322 g/mol. The van der Waals surface area contributed by atoms with Crippen LogP contribution >= 0.6 is 15.9 Å². The predicted molar refractivity (Wildman–Crippen MR) is 81.7 cm³/mol. The second kappa shape index (κ2) is 6.58. The maximum absolute atomic E-state index is 8.81. The van der Waals surface area contributed by atoms with Crippen molar-refractivity contribution in [1.29, 1.82) is 0 Å². The van der Waals surface area contributed by atoms with Crippen LogP contribution in [0.15, 0.2) is 9.63 Å². The summed E-state index contributed by atoms with van der Waals surface area (Å²) in [6.45, 7) is 4.80. The van der Waals surface area contributed by atoms with Crippen LogP contribution in [0.3, 0.4) is 0 Å². The molecule has 0 aliphatic carbocycles. The monoisotopic (exact) mass is 343 g/mol. The van der Waals surface area contributed by atoms with Crippen molar-refractivity contribution in [2.45, 2.75) is 32.7 Å². The third-order valence-corrected chi connectivity index (χ3v) is 4.83. The normalized spacial score (nSPS) is 21.4.